The van der Waals surface area contributed by atoms with Crippen LogP contribution in [0.5, 0.6) is 0 Å². The lowest BCUT2D eigenvalue weighted by atomic mass is 9.86. The second-order valence-electron chi connectivity index (χ2n) is 6.19. The molecule has 0 aromatic heterocycles. The van der Waals surface area contributed by atoms with E-state index in [1.165, 1.54) is 5.56 Å². The maximum absolute atomic E-state index is 13.2. The fraction of sp³-hybridized carbons (Fsp3) is 0.562. The highest BCUT2D eigenvalue weighted by atomic mass is 19.1. The molecule has 0 aliphatic rings. The second kappa shape index (κ2) is 7.98. The lowest BCUT2D eigenvalue weighted by Gasteiger charge is -2.21. The quantitative estimate of drug-likeness (QED) is 0.410. The van der Waals surface area contributed by atoms with Crippen LogP contribution in [0.25, 0.3) is 0 Å². The third-order valence-electron chi connectivity index (χ3n) is 3.35. The number of hydrogen-bond donors (Lipinski definition) is 3. The predicted octanol–water partition coefficient (Wildman–Crippen LogP) is 2.25. The molecule has 1 aromatic carbocycles. The largest absolute Gasteiger partial charge is 0.370 e. The Balaban J connectivity index is 2.54. The number of nitrogens with one attached hydrogen (secondary N) is 1. The summed E-state index contributed by atoms with van der Waals surface area (Å²) in [5.74, 6) is 0.0924. The lowest BCUT2D eigenvalue weighted by Crippen LogP contribution is -2.26. The van der Waals surface area contributed by atoms with Gasteiger partial charge in [-0.2, -0.15) is 0 Å². The van der Waals surface area contributed by atoms with E-state index in [9.17, 15) is 4.39 Å². The van der Waals surface area contributed by atoms with Crippen LogP contribution in [0, 0.1) is 0 Å². The summed E-state index contributed by atoms with van der Waals surface area (Å²) in [6, 6.07) is 7.85. The number of nitrogens with two attached hydrogens (primary N) is 2. The van der Waals surface area contributed by atoms with Crippen molar-refractivity contribution in [2.24, 2.45) is 16.5 Å². The molecule has 1 atom stereocenters. The third kappa shape index (κ3) is 6.12. The summed E-state index contributed by atoms with van der Waals surface area (Å²) in [7, 11) is 0. The van der Waals surface area contributed by atoms with Gasteiger partial charge in [-0.25, -0.2) is 4.39 Å². The molecule has 1 rings (SSSR count). The molecule has 0 spiro atoms. The van der Waals surface area contributed by atoms with E-state index in [2.05, 4.69) is 43.2 Å². The number of benzene rings is 1. The number of aliphatic imine (C=N–C) groups is 1. The molecule has 0 radical (unpaired) electrons. The van der Waals surface area contributed by atoms with Gasteiger partial charge in [0.05, 0.1) is 6.04 Å². The van der Waals surface area contributed by atoms with Crippen LogP contribution in [0.15, 0.2) is 29.3 Å². The number of halogens is 1. The molecule has 5 N–H and O–H groups in total. The van der Waals surface area contributed by atoms with Crippen LogP contribution in [0.4, 0.5) is 4.39 Å². The molecule has 1 aromatic rings. The van der Waals surface area contributed by atoms with Crippen LogP contribution < -0.4 is 16.8 Å². The number of nitrogens with zero attached hydrogens (tertiary/aromatic N) is 1. The van der Waals surface area contributed by atoms with Crippen LogP contribution in [-0.4, -0.2) is 25.7 Å². The molecular formula is C16H27FN4. The summed E-state index contributed by atoms with van der Waals surface area (Å²) in [5, 5.41) is 3.19. The molecule has 0 amide bonds. The zero-order chi connectivity index (χ0) is 15.9. The van der Waals surface area contributed by atoms with Crippen LogP contribution in [0.2, 0.25) is 0 Å². The predicted molar refractivity (Wildman–Crippen MR) is 87.2 cm³/mol. The highest BCUT2D eigenvalue weighted by molar-refractivity contribution is 5.75. The molecule has 0 saturated heterocycles. The van der Waals surface area contributed by atoms with Crippen LogP contribution >= 0.6 is 0 Å². The van der Waals surface area contributed by atoms with Gasteiger partial charge < -0.3 is 16.8 Å². The van der Waals surface area contributed by atoms with Gasteiger partial charge in [-0.3, -0.25) is 4.99 Å². The van der Waals surface area contributed by atoms with Gasteiger partial charge in [-0.1, -0.05) is 45.0 Å². The summed E-state index contributed by atoms with van der Waals surface area (Å²) in [4.78, 5) is 3.90. The Labute approximate surface area is 126 Å². The van der Waals surface area contributed by atoms with Gasteiger partial charge in [-0.15, -0.1) is 0 Å². The van der Waals surface area contributed by atoms with E-state index in [0.717, 1.165) is 12.0 Å². The highest BCUT2D eigenvalue weighted by Gasteiger charge is 2.15. The molecule has 0 bridgehead atoms. The van der Waals surface area contributed by atoms with Crippen molar-refractivity contribution in [1.29, 1.82) is 0 Å². The minimum Gasteiger partial charge on any atom is -0.370 e. The Hall–Kier alpha value is -1.62. The van der Waals surface area contributed by atoms with Crippen molar-refractivity contribution in [2.45, 2.75) is 38.6 Å². The van der Waals surface area contributed by atoms with Gasteiger partial charge in [0.25, 0.3) is 0 Å². The number of rotatable bonds is 7. The van der Waals surface area contributed by atoms with Crippen molar-refractivity contribution in [3.8, 4) is 0 Å². The molecule has 21 heavy (non-hydrogen) atoms. The standard InChI is InChI=1S/C16H27FN4/c1-16(2,3)13-7-5-12(6-8-13)14(11-17)20-9-4-10-21-15(18)19/h5-8,14,20H,4,9-11H2,1-3H3,(H4,18,19,21). The lowest BCUT2D eigenvalue weighted by molar-refractivity contribution is 0.381. The first-order valence-corrected chi connectivity index (χ1v) is 7.29. The summed E-state index contributed by atoms with van der Waals surface area (Å²) >= 11 is 0. The number of hydrogen-bond acceptors (Lipinski definition) is 2. The molecule has 0 aliphatic heterocycles. The zero-order valence-electron chi connectivity index (χ0n) is 13.2. The molecule has 118 valence electrons. The SMILES string of the molecule is CC(C)(C)c1ccc(C(CF)NCCCN=C(N)N)cc1. The van der Waals surface area contributed by atoms with E-state index in [1.54, 1.807) is 0 Å². The third-order valence-corrected chi connectivity index (χ3v) is 3.35. The first-order valence-electron chi connectivity index (χ1n) is 7.29. The molecule has 4 nitrogen and oxygen atoms in total. The fourth-order valence-electron chi connectivity index (χ4n) is 2.04. The van der Waals surface area contributed by atoms with Gasteiger partial charge >= 0.3 is 0 Å². The average Bonchev–Trinajstić information content (AvgIpc) is 2.42. The summed E-state index contributed by atoms with van der Waals surface area (Å²) < 4.78 is 13.2. The molecule has 0 heterocycles. The maximum Gasteiger partial charge on any atom is 0.185 e. The van der Waals surface area contributed by atoms with Gasteiger partial charge in [0.15, 0.2) is 5.96 Å². The van der Waals surface area contributed by atoms with E-state index in [0.29, 0.717) is 13.1 Å². The molecule has 5 heteroatoms. The van der Waals surface area contributed by atoms with Crippen molar-refractivity contribution in [3.05, 3.63) is 35.4 Å². The minimum absolute atomic E-state index is 0.0924. The van der Waals surface area contributed by atoms with Crippen molar-refractivity contribution in [2.75, 3.05) is 19.8 Å². The number of alkyl halides is 1. The van der Waals surface area contributed by atoms with E-state index in [4.69, 9.17) is 11.5 Å². The molecule has 0 fully saturated rings. The minimum atomic E-state index is -0.433. The van der Waals surface area contributed by atoms with Crippen molar-refractivity contribution >= 4 is 5.96 Å². The first kappa shape index (κ1) is 17.4. The van der Waals surface area contributed by atoms with E-state index >= 15 is 0 Å². The Kier molecular flexibility index (Phi) is 6.62. The smallest absolute Gasteiger partial charge is 0.185 e. The highest BCUT2D eigenvalue weighted by Crippen LogP contribution is 2.24. The monoisotopic (exact) mass is 294 g/mol. The number of guanidine groups is 1. The van der Waals surface area contributed by atoms with E-state index in [1.807, 2.05) is 12.1 Å². The molecular weight excluding hydrogens is 267 g/mol. The van der Waals surface area contributed by atoms with Gasteiger partial charge in [0.1, 0.15) is 6.67 Å². The normalized spacial score (nSPS) is 13.0. The van der Waals surface area contributed by atoms with Crippen LogP contribution in [0.1, 0.15) is 44.4 Å². The van der Waals surface area contributed by atoms with Crippen molar-refractivity contribution < 1.29 is 4.39 Å². The van der Waals surface area contributed by atoms with Gasteiger partial charge in [0, 0.05) is 6.54 Å². The van der Waals surface area contributed by atoms with E-state index in [-0.39, 0.29) is 17.4 Å². The van der Waals surface area contributed by atoms with Crippen LogP contribution in [0.3, 0.4) is 0 Å². The molecule has 1 unspecified atom stereocenters. The molecule has 0 saturated carbocycles. The van der Waals surface area contributed by atoms with E-state index < -0.39 is 6.67 Å². The van der Waals surface area contributed by atoms with Gasteiger partial charge in [-0.05, 0) is 29.5 Å². The Morgan fingerprint density at radius 3 is 2.33 bits per heavy atom. The average molecular weight is 294 g/mol. The molecule has 0 aliphatic carbocycles. The second-order valence-corrected chi connectivity index (χ2v) is 6.19. The van der Waals surface area contributed by atoms with Crippen molar-refractivity contribution in [1.82, 2.24) is 5.32 Å². The van der Waals surface area contributed by atoms with Crippen LogP contribution in [-0.2, 0) is 5.41 Å². The Morgan fingerprint density at radius 2 is 1.86 bits per heavy atom. The summed E-state index contributed by atoms with van der Waals surface area (Å²) in [6.45, 7) is 7.28. The van der Waals surface area contributed by atoms with Gasteiger partial charge in [0.2, 0.25) is 0 Å². The summed E-state index contributed by atoms with van der Waals surface area (Å²) in [6.07, 6.45) is 0.772. The van der Waals surface area contributed by atoms with Crippen molar-refractivity contribution in [3.63, 3.8) is 0 Å². The maximum atomic E-state index is 13.2. The summed E-state index contributed by atoms with van der Waals surface area (Å²) in [5.41, 5.74) is 12.8. The topological polar surface area (TPSA) is 76.4 Å². The Morgan fingerprint density at radius 1 is 1.24 bits per heavy atom. The first-order chi connectivity index (χ1) is 9.84. The fourth-order valence-corrected chi connectivity index (χ4v) is 2.04. The Bertz CT molecular complexity index is 444. The zero-order valence-corrected chi connectivity index (χ0v) is 13.2.